The van der Waals surface area contributed by atoms with Gasteiger partial charge in [-0.05, 0) is 18.1 Å². The van der Waals surface area contributed by atoms with Crippen LogP contribution in [0, 0.1) is 0 Å². The van der Waals surface area contributed by atoms with Crippen LogP contribution in [0.3, 0.4) is 0 Å². The maximum Gasteiger partial charge on any atom is 0.330 e. The molecule has 10 heteroatoms. The van der Waals surface area contributed by atoms with Crippen LogP contribution in [0.25, 0.3) is 0 Å². The van der Waals surface area contributed by atoms with E-state index in [2.05, 4.69) is 43.8 Å². The highest BCUT2D eigenvalue weighted by Crippen LogP contribution is 2.40. The Labute approximate surface area is 164 Å². The van der Waals surface area contributed by atoms with Crippen LogP contribution in [0.5, 0.6) is 0 Å². The van der Waals surface area contributed by atoms with E-state index in [1.165, 1.54) is 16.8 Å². The Kier molecular flexibility index (Phi) is 5.50. The first kappa shape index (κ1) is 20.7. The molecule has 4 atom stereocenters. The minimum absolute atomic E-state index is 0.0317. The molecule has 28 heavy (non-hydrogen) atoms. The van der Waals surface area contributed by atoms with E-state index in [9.17, 15) is 14.7 Å². The standard InChI is InChI=1S/C18H28N4O5Si/c1-18(2,3)28(4,5)26-10-12-14(21-9-7-19-11-21)15(24)16(27-12)22-8-6-13(23)20-17(22)25/h6-9,11-12,14-16,24H,10H2,1-5H3,(H,20,23,25)/t12-,14-,15+,16-/m1/s1. The topological polar surface area (TPSA) is 111 Å². The van der Waals surface area contributed by atoms with E-state index in [-0.39, 0.29) is 11.6 Å². The Morgan fingerprint density at radius 1 is 1.32 bits per heavy atom. The van der Waals surface area contributed by atoms with Crippen molar-refractivity contribution in [1.29, 1.82) is 0 Å². The van der Waals surface area contributed by atoms with Crippen molar-refractivity contribution in [2.24, 2.45) is 0 Å². The number of imidazole rings is 1. The van der Waals surface area contributed by atoms with E-state index in [1.807, 2.05) is 0 Å². The SMILES string of the molecule is CC(C)(C)[Si](C)(C)OC[C@H]1O[C@@H](n2ccc(=O)[nH]c2=O)[C@@H](O)[C@@H]1n1ccnc1. The molecule has 2 N–H and O–H groups in total. The summed E-state index contributed by atoms with van der Waals surface area (Å²) < 4.78 is 15.3. The fraction of sp³-hybridized carbons (Fsp3) is 0.611. The van der Waals surface area contributed by atoms with Gasteiger partial charge in [0.2, 0.25) is 0 Å². The van der Waals surface area contributed by atoms with Crippen molar-refractivity contribution in [2.75, 3.05) is 6.61 Å². The average molecular weight is 409 g/mol. The molecule has 0 saturated carbocycles. The monoisotopic (exact) mass is 408 g/mol. The van der Waals surface area contributed by atoms with Gasteiger partial charge in [0.25, 0.3) is 5.56 Å². The molecule has 3 rings (SSSR count). The lowest BCUT2D eigenvalue weighted by molar-refractivity contribution is -0.0518. The van der Waals surface area contributed by atoms with Crippen LogP contribution in [-0.4, -0.2) is 51.3 Å². The molecule has 0 radical (unpaired) electrons. The van der Waals surface area contributed by atoms with Gasteiger partial charge < -0.3 is 18.8 Å². The summed E-state index contributed by atoms with van der Waals surface area (Å²) in [5.74, 6) is 0. The van der Waals surface area contributed by atoms with Gasteiger partial charge in [-0.15, -0.1) is 0 Å². The predicted molar refractivity (Wildman–Crippen MR) is 106 cm³/mol. The van der Waals surface area contributed by atoms with E-state index in [1.54, 1.807) is 23.3 Å². The fourth-order valence-electron chi connectivity index (χ4n) is 3.05. The molecule has 2 aromatic rings. The van der Waals surface area contributed by atoms with Crippen LogP contribution in [0.1, 0.15) is 33.0 Å². The van der Waals surface area contributed by atoms with Crippen molar-refractivity contribution in [1.82, 2.24) is 19.1 Å². The molecule has 1 aliphatic rings. The lowest BCUT2D eigenvalue weighted by Gasteiger charge is -2.37. The van der Waals surface area contributed by atoms with Gasteiger partial charge in [0, 0.05) is 24.7 Å². The van der Waals surface area contributed by atoms with Crippen LogP contribution >= 0.6 is 0 Å². The first-order valence-electron chi connectivity index (χ1n) is 9.28. The maximum absolute atomic E-state index is 12.2. The van der Waals surface area contributed by atoms with Gasteiger partial charge >= 0.3 is 5.69 Å². The van der Waals surface area contributed by atoms with Gasteiger partial charge in [-0.25, -0.2) is 9.78 Å². The molecule has 0 aromatic carbocycles. The molecule has 0 unspecified atom stereocenters. The molecule has 0 bridgehead atoms. The third-order valence-corrected chi connectivity index (χ3v) is 10.2. The number of nitrogens with zero attached hydrogens (tertiary/aromatic N) is 3. The number of H-pyrrole nitrogens is 1. The molecule has 0 aliphatic carbocycles. The van der Waals surface area contributed by atoms with Crippen LogP contribution in [0.15, 0.2) is 40.6 Å². The van der Waals surface area contributed by atoms with Crippen LogP contribution in [-0.2, 0) is 9.16 Å². The number of aliphatic hydroxyl groups is 1. The van der Waals surface area contributed by atoms with Crippen molar-refractivity contribution < 1.29 is 14.3 Å². The Bertz CT molecular complexity index is 915. The number of ether oxygens (including phenoxy) is 1. The Morgan fingerprint density at radius 2 is 2.04 bits per heavy atom. The van der Waals surface area contributed by atoms with E-state index in [0.717, 1.165) is 0 Å². The molecule has 0 amide bonds. The number of aromatic amines is 1. The first-order valence-corrected chi connectivity index (χ1v) is 12.2. The van der Waals surface area contributed by atoms with Gasteiger partial charge in [0.15, 0.2) is 14.5 Å². The largest absolute Gasteiger partial charge is 0.414 e. The van der Waals surface area contributed by atoms with Crippen molar-refractivity contribution >= 4 is 8.32 Å². The summed E-state index contributed by atoms with van der Waals surface area (Å²) in [7, 11) is -2.03. The van der Waals surface area contributed by atoms with E-state index < -0.39 is 44.0 Å². The Morgan fingerprint density at radius 3 is 2.61 bits per heavy atom. The predicted octanol–water partition coefficient (Wildman–Crippen LogP) is 1.25. The van der Waals surface area contributed by atoms with E-state index >= 15 is 0 Å². The van der Waals surface area contributed by atoms with Gasteiger partial charge in [-0.1, -0.05) is 20.8 Å². The molecule has 1 aliphatic heterocycles. The number of nitrogens with one attached hydrogen (secondary N) is 1. The third-order valence-electron chi connectivity index (χ3n) is 5.75. The molecule has 3 heterocycles. The third kappa shape index (κ3) is 3.90. The second kappa shape index (κ2) is 7.43. The smallest absolute Gasteiger partial charge is 0.330 e. The lowest BCUT2D eigenvalue weighted by Crippen LogP contribution is -2.43. The molecule has 1 fully saturated rings. The Hall–Kier alpha value is -2.01. The molecule has 2 aromatic heterocycles. The van der Waals surface area contributed by atoms with E-state index in [4.69, 9.17) is 9.16 Å². The Balaban J connectivity index is 1.89. The number of rotatable bonds is 5. The number of aromatic nitrogens is 4. The molecular formula is C18H28N4O5Si. The molecule has 1 saturated heterocycles. The number of hydrogen-bond acceptors (Lipinski definition) is 6. The average Bonchev–Trinajstić information content (AvgIpc) is 3.20. The fourth-order valence-corrected chi connectivity index (χ4v) is 4.06. The highest BCUT2D eigenvalue weighted by molar-refractivity contribution is 6.74. The van der Waals surface area contributed by atoms with Gasteiger partial charge in [-0.2, -0.15) is 0 Å². The maximum atomic E-state index is 12.2. The van der Waals surface area contributed by atoms with Crippen molar-refractivity contribution in [3.05, 3.63) is 51.8 Å². The first-order chi connectivity index (χ1) is 13.0. The summed E-state index contributed by atoms with van der Waals surface area (Å²) in [4.78, 5) is 29.8. The molecular weight excluding hydrogens is 380 g/mol. The van der Waals surface area contributed by atoms with Gasteiger partial charge in [-0.3, -0.25) is 14.3 Å². The summed E-state index contributed by atoms with van der Waals surface area (Å²) in [6.07, 6.45) is 3.86. The highest BCUT2D eigenvalue weighted by atomic mass is 28.4. The van der Waals surface area contributed by atoms with Crippen LogP contribution < -0.4 is 11.2 Å². The highest BCUT2D eigenvalue weighted by Gasteiger charge is 2.47. The summed E-state index contributed by atoms with van der Waals surface area (Å²) in [5.41, 5.74) is -1.13. The zero-order valence-electron chi connectivity index (χ0n) is 16.8. The second-order valence-electron chi connectivity index (χ2n) is 8.64. The summed E-state index contributed by atoms with van der Waals surface area (Å²) in [6, 6.07) is 0.750. The molecule has 0 spiro atoms. The van der Waals surface area contributed by atoms with Crippen molar-refractivity contribution in [2.45, 2.75) is 63.4 Å². The minimum Gasteiger partial charge on any atom is -0.414 e. The van der Waals surface area contributed by atoms with Crippen molar-refractivity contribution in [3.8, 4) is 0 Å². The van der Waals surface area contributed by atoms with Gasteiger partial charge in [0.1, 0.15) is 12.2 Å². The van der Waals surface area contributed by atoms with E-state index in [0.29, 0.717) is 0 Å². The summed E-state index contributed by atoms with van der Waals surface area (Å²) >= 11 is 0. The quantitative estimate of drug-likeness (QED) is 0.721. The van der Waals surface area contributed by atoms with Crippen LogP contribution in [0.2, 0.25) is 18.1 Å². The molecule has 9 nitrogen and oxygen atoms in total. The number of aliphatic hydroxyl groups excluding tert-OH is 1. The molecule has 154 valence electrons. The van der Waals surface area contributed by atoms with Crippen molar-refractivity contribution in [3.63, 3.8) is 0 Å². The van der Waals surface area contributed by atoms with Crippen LogP contribution in [0.4, 0.5) is 0 Å². The zero-order chi connectivity index (χ0) is 20.7. The summed E-state index contributed by atoms with van der Waals surface area (Å²) in [5, 5.41) is 11.0. The van der Waals surface area contributed by atoms with Gasteiger partial charge in [0.05, 0.1) is 19.0 Å². The number of hydrogen-bond donors (Lipinski definition) is 2. The summed E-state index contributed by atoms with van der Waals surface area (Å²) in [6.45, 7) is 11.0. The second-order valence-corrected chi connectivity index (χ2v) is 13.5. The normalized spacial score (nSPS) is 25.9. The minimum atomic E-state index is -2.03. The lowest BCUT2D eigenvalue weighted by atomic mass is 10.1. The zero-order valence-corrected chi connectivity index (χ0v) is 17.8.